The van der Waals surface area contributed by atoms with Gasteiger partial charge in [-0.3, -0.25) is 4.98 Å². The zero-order chi connectivity index (χ0) is 13.9. The molecule has 0 unspecified atom stereocenters. The van der Waals surface area contributed by atoms with Crippen molar-refractivity contribution in [3.8, 4) is 0 Å². The first kappa shape index (κ1) is 15.9. The van der Waals surface area contributed by atoms with Gasteiger partial charge in [0, 0.05) is 11.9 Å². The summed E-state index contributed by atoms with van der Waals surface area (Å²) in [6.07, 6.45) is 13.9. The molecule has 0 aliphatic rings. The van der Waals surface area contributed by atoms with Crippen LogP contribution in [0.3, 0.4) is 0 Å². The molecule has 0 amide bonds. The average Bonchev–Trinajstić information content (AvgIpc) is 2.38. The molecule has 19 heavy (non-hydrogen) atoms. The molecule has 1 aromatic heterocycles. The van der Waals surface area contributed by atoms with E-state index in [-0.39, 0.29) is 0 Å². The molecule has 1 rings (SSSR count). The summed E-state index contributed by atoms with van der Waals surface area (Å²) in [5.41, 5.74) is 3.82. The standard InChI is InChI=1S/C18H29N/c1-16(2)11-9-7-5-4-6-8-10-12-18-14-13-17(3)19-15-18/h13-15H,1,4-12H2,2-3H3. The van der Waals surface area contributed by atoms with Gasteiger partial charge in [-0.15, -0.1) is 6.58 Å². The van der Waals surface area contributed by atoms with E-state index in [1.165, 1.54) is 68.9 Å². The van der Waals surface area contributed by atoms with Gasteiger partial charge in [-0.2, -0.15) is 0 Å². The van der Waals surface area contributed by atoms with Crippen LogP contribution in [0.2, 0.25) is 0 Å². The van der Waals surface area contributed by atoms with Gasteiger partial charge in [-0.1, -0.05) is 43.7 Å². The van der Waals surface area contributed by atoms with Crippen LogP contribution in [0.1, 0.15) is 69.5 Å². The number of hydrogen-bond acceptors (Lipinski definition) is 1. The van der Waals surface area contributed by atoms with Crippen LogP contribution in [0.15, 0.2) is 30.5 Å². The van der Waals surface area contributed by atoms with E-state index in [4.69, 9.17) is 0 Å². The minimum Gasteiger partial charge on any atom is -0.261 e. The van der Waals surface area contributed by atoms with Crippen LogP contribution in [0.4, 0.5) is 0 Å². The minimum atomic E-state index is 1.11. The van der Waals surface area contributed by atoms with Crippen molar-refractivity contribution >= 4 is 0 Å². The second-order valence-corrected chi connectivity index (χ2v) is 5.74. The predicted octanol–water partition coefficient (Wildman–Crippen LogP) is 5.63. The second-order valence-electron chi connectivity index (χ2n) is 5.74. The fraction of sp³-hybridized carbons (Fsp3) is 0.611. The van der Waals surface area contributed by atoms with E-state index in [9.17, 15) is 0 Å². The third kappa shape index (κ3) is 8.58. The highest BCUT2D eigenvalue weighted by atomic mass is 14.6. The first-order valence-electron chi connectivity index (χ1n) is 7.74. The molecule has 0 bridgehead atoms. The predicted molar refractivity (Wildman–Crippen MR) is 84.4 cm³/mol. The lowest BCUT2D eigenvalue weighted by atomic mass is 10.0. The van der Waals surface area contributed by atoms with Crippen LogP contribution >= 0.6 is 0 Å². The van der Waals surface area contributed by atoms with Gasteiger partial charge in [-0.25, -0.2) is 0 Å². The molecule has 0 N–H and O–H groups in total. The van der Waals surface area contributed by atoms with Crippen LogP contribution in [-0.2, 0) is 6.42 Å². The van der Waals surface area contributed by atoms with Gasteiger partial charge < -0.3 is 0 Å². The van der Waals surface area contributed by atoms with Gasteiger partial charge in [0.05, 0.1) is 0 Å². The molecule has 1 heterocycles. The lowest BCUT2D eigenvalue weighted by Gasteiger charge is -2.03. The van der Waals surface area contributed by atoms with Crippen molar-refractivity contribution in [1.82, 2.24) is 4.98 Å². The van der Waals surface area contributed by atoms with E-state index in [1.54, 1.807) is 0 Å². The normalized spacial score (nSPS) is 10.6. The van der Waals surface area contributed by atoms with Crippen LogP contribution in [0.5, 0.6) is 0 Å². The van der Waals surface area contributed by atoms with E-state index in [0.717, 1.165) is 5.69 Å². The molecular weight excluding hydrogens is 230 g/mol. The lowest BCUT2D eigenvalue weighted by Crippen LogP contribution is -1.89. The molecule has 1 aromatic rings. The van der Waals surface area contributed by atoms with Crippen molar-refractivity contribution in [2.45, 2.75) is 71.6 Å². The number of rotatable bonds is 10. The Balaban J connectivity index is 1.91. The van der Waals surface area contributed by atoms with Crippen molar-refractivity contribution in [3.05, 3.63) is 41.7 Å². The van der Waals surface area contributed by atoms with E-state index < -0.39 is 0 Å². The number of hydrogen-bond donors (Lipinski definition) is 0. The molecule has 1 heteroatoms. The summed E-state index contributed by atoms with van der Waals surface area (Å²) in [5, 5.41) is 0. The topological polar surface area (TPSA) is 12.9 Å². The average molecular weight is 259 g/mol. The van der Waals surface area contributed by atoms with Crippen molar-refractivity contribution in [3.63, 3.8) is 0 Å². The Morgan fingerprint density at radius 3 is 2.21 bits per heavy atom. The molecule has 0 aliphatic carbocycles. The van der Waals surface area contributed by atoms with Crippen LogP contribution in [-0.4, -0.2) is 4.98 Å². The maximum atomic E-state index is 4.33. The lowest BCUT2D eigenvalue weighted by molar-refractivity contribution is 0.578. The molecule has 106 valence electrons. The number of pyridine rings is 1. The van der Waals surface area contributed by atoms with Crippen molar-refractivity contribution in [1.29, 1.82) is 0 Å². The number of aryl methyl sites for hydroxylation is 2. The molecule has 0 saturated carbocycles. The fourth-order valence-electron chi connectivity index (χ4n) is 2.29. The molecule has 1 nitrogen and oxygen atoms in total. The first-order chi connectivity index (χ1) is 9.18. The Hall–Kier alpha value is -1.11. The fourth-order valence-corrected chi connectivity index (χ4v) is 2.29. The number of unbranched alkanes of at least 4 members (excludes halogenated alkanes) is 6. The van der Waals surface area contributed by atoms with Crippen molar-refractivity contribution < 1.29 is 0 Å². The maximum absolute atomic E-state index is 4.33. The molecule has 0 aliphatic heterocycles. The van der Waals surface area contributed by atoms with Crippen molar-refractivity contribution in [2.75, 3.05) is 0 Å². The van der Waals surface area contributed by atoms with Crippen molar-refractivity contribution in [2.24, 2.45) is 0 Å². The summed E-state index contributed by atoms with van der Waals surface area (Å²) in [6, 6.07) is 4.32. The van der Waals surface area contributed by atoms with Gasteiger partial charge in [0.15, 0.2) is 0 Å². The highest BCUT2D eigenvalue weighted by Crippen LogP contribution is 2.12. The largest absolute Gasteiger partial charge is 0.261 e. The SMILES string of the molecule is C=C(C)CCCCCCCCCc1ccc(C)nc1. The van der Waals surface area contributed by atoms with Gasteiger partial charge in [0.1, 0.15) is 0 Å². The van der Waals surface area contributed by atoms with Gasteiger partial charge in [0.2, 0.25) is 0 Å². The zero-order valence-corrected chi connectivity index (χ0v) is 12.8. The summed E-state index contributed by atoms with van der Waals surface area (Å²) in [4.78, 5) is 4.33. The minimum absolute atomic E-state index is 1.11. The number of allylic oxidation sites excluding steroid dienone is 1. The summed E-state index contributed by atoms with van der Waals surface area (Å²) in [6.45, 7) is 8.11. The highest BCUT2D eigenvalue weighted by molar-refractivity contribution is 5.12. The highest BCUT2D eigenvalue weighted by Gasteiger charge is 1.95. The van der Waals surface area contributed by atoms with Gasteiger partial charge >= 0.3 is 0 Å². The quantitative estimate of drug-likeness (QED) is 0.392. The zero-order valence-electron chi connectivity index (χ0n) is 12.8. The molecule has 0 atom stereocenters. The number of aromatic nitrogens is 1. The van der Waals surface area contributed by atoms with Gasteiger partial charge in [-0.05, 0) is 51.2 Å². The molecule has 0 saturated heterocycles. The summed E-state index contributed by atoms with van der Waals surface area (Å²) >= 11 is 0. The Labute approximate surface area is 119 Å². The van der Waals surface area contributed by atoms with Crippen LogP contribution in [0.25, 0.3) is 0 Å². The molecule has 0 aromatic carbocycles. The molecule has 0 fully saturated rings. The summed E-state index contributed by atoms with van der Waals surface area (Å²) < 4.78 is 0. The third-order valence-corrected chi connectivity index (χ3v) is 3.54. The van der Waals surface area contributed by atoms with E-state index in [2.05, 4.69) is 30.6 Å². The Morgan fingerprint density at radius 1 is 1.00 bits per heavy atom. The smallest absolute Gasteiger partial charge is 0.0372 e. The monoisotopic (exact) mass is 259 g/mol. The van der Waals surface area contributed by atoms with E-state index in [0.29, 0.717) is 0 Å². The summed E-state index contributed by atoms with van der Waals surface area (Å²) in [5.74, 6) is 0. The first-order valence-corrected chi connectivity index (χ1v) is 7.74. The van der Waals surface area contributed by atoms with E-state index in [1.807, 2.05) is 13.1 Å². The molecule has 0 spiro atoms. The van der Waals surface area contributed by atoms with E-state index >= 15 is 0 Å². The molecular formula is C18H29N. The summed E-state index contributed by atoms with van der Waals surface area (Å²) in [7, 11) is 0. The van der Waals surface area contributed by atoms with Crippen LogP contribution < -0.4 is 0 Å². The Bertz CT molecular complexity index is 350. The maximum Gasteiger partial charge on any atom is 0.0372 e. The van der Waals surface area contributed by atoms with Gasteiger partial charge in [0.25, 0.3) is 0 Å². The second kappa shape index (κ2) is 9.77. The third-order valence-electron chi connectivity index (χ3n) is 3.54. The number of nitrogens with zero attached hydrogens (tertiary/aromatic N) is 1. The molecule has 0 radical (unpaired) electrons. The Kier molecular flexibility index (Phi) is 8.20. The Morgan fingerprint density at radius 2 is 1.63 bits per heavy atom. The van der Waals surface area contributed by atoms with Crippen LogP contribution in [0, 0.1) is 6.92 Å².